The molecular formula is C28H37F3N6. The third kappa shape index (κ3) is 7.09. The number of nitrogens with one attached hydrogen (secondary N) is 1. The smallest absolute Gasteiger partial charge is 0.379 e. The number of nitrogens with zero attached hydrogens (tertiary/aromatic N) is 5. The summed E-state index contributed by atoms with van der Waals surface area (Å²) >= 11 is 0. The number of aryl methyl sites for hydroxylation is 1. The van der Waals surface area contributed by atoms with E-state index >= 15 is 0 Å². The molecular weight excluding hydrogens is 477 g/mol. The zero-order chi connectivity index (χ0) is 26.6. The molecule has 2 aromatic heterocycles. The molecule has 0 saturated carbocycles. The summed E-state index contributed by atoms with van der Waals surface area (Å²) < 4.78 is 43.9. The lowest BCUT2D eigenvalue weighted by Crippen LogP contribution is -2.33. The van der Waals surface area contributed by atoms with Gasteiger partial charge < -0.3 is 9.88 Å². The fourth-order valence-electron chi connectivity index (χ4n) is 5.22. The van der Waals surface area contributed by atoms with Crippen molar-refractivity contribution in [3.05, 3.63) is 71.1 Å². The van der Waals surface area contributed by atoms with Gasteiger partial charge in [-0.1, -0.05) is 32.9 Å². The molecule has 3 aromatic rings. The molecule has 0 radical (unpaired) electrons. The molecule has 3 heterocycles. The van der Waals surface area contributed by atoms with Crippen molar-refractivity contribution in [3.63, 3.8) is 0 Å². The van der Waals surface area contributed by atoms with E-state index in [2.05, 4.69) is 46.2 Å². The van der Waals surface area contributed by atoms with Gasteiger partial charge in [0.25, 0.3) is 0 Å². The van der Waals surface area contributed by atoms with Crippen LogP contribution in [-0.4, -0.2) is 37.7 Å². The number of hydrogen-bond donors (Lipinski definition) is 1. The number of benzene rings is 1. The highest BCUT2D eigenvalue weighted by atomic mass is 19.4. The van der Waals surface area contributed by atoms with Gasteiger partial charge in [0.05, 0.1) is 17.8 Å². The van der Waals surface area contributed by atoms with Crippen LogP contribution >= 0.6 is 0 Å². The minimum absolute atomic E-state index is 0.000645. The minimum atomic E-state index is -4.47. The Kier molecular flexibility index (Phi) is 8.52. The molecule has 0 spiro atoms. The standard InChI is InChI=1S/C28H37F3N6/c1-19(2)11-24(27-35-34-18-36(27)4)22-8-5-9-23(13-22)32-15-26-25(28(29,30)31)12-21(14-33-26)17-37-10-6-7-20(3)16-37/h5,8-9,12-14,18-20,24,32H,6-7,10-11,15-17H2,1-4H3/t20-,24?/m0/s1. The van der Waals surface area contributed by atoms with E-state index in [4.69, 9.17) is 0 Å². The number of aromatic nitrogens is 4. The van der Waals surface area contributed by atoms with Gasteiger partial charge in [0.1, 0.15) is 12.2 Å². The predicted molar refractivity (Wildman–Crippen MR) is 139 cm³/mol. The second-order valence-corrected chi connectivity index (χ2v) is 10.8. The minimum Gasteiger partial charge on any atom is -0.379 e. The molecule has 1 aliphatic rings. The molecule has 0 amide bonds. The number of piperidine rings is 1. The Balaban J connectivity index is 1.52. The van der Waals surface area contributed by atoms with Crippen LogP contribution in [0.25, 0.3) is 0 Å². The lowest BCUT2D eigenvalue weighted by Gasteiger charge is -2.31. The van der Waals surface area contributed by atoms with Crippen molar-refractivity contribution in [2.24, 2.45) is 18.9 Å². The summed E-state index contributed by atoms with van der Waals surface area (Å²) in [6.07, 6.45) is 1.94. The van der Waals surface area contributed by atoms with Crippen LogP contribution in [0.1, 0.15) is 74.2 Å². The summed E-state index contributed by atoms with van der Waals surface area (Å²) in [4.78, 5) is 6.48. The van der Waals surface area contributed by atoms with Gasteiger partial charge in [0.15, 0.2) is 0 Å². The van der Waals surface area contributed by atoms with Crippen molar-refractivity contribution in [2.45, 2.75) is 65.2 Å². The van der Waals surface area contributed by atoms with E-state index < -0.39 is 11.7 Å². The molecule has 6 nitrogen and oxygen atoms in total. The molecule has 2 atom stereocenters. The summed E-state index contributed by atoms with van der Waals surface area (Å²) in [5.74, 6) is 1.90. The summed E-state index contributed by atoms with van der Waals surface area (Å²) in [5, 5.41) is 11.5. The number of anilines is 1. The largest absolute Gasteiger partial charge is 0.418 e. The molecule has 1 aliphatic heterocycles. The van der Waals surface area contributed by atoms with Crippen LogP contribution < -0.4 is 5.32 Å². The highest BCUT2D eigenvalue weighted by Crippen LogP contribution is 2.34. The Labute approximate surface area is 217 Å². The fourth-order valence-corrected chi connectivity index (χ4v) is 5.22. The first-order valence-electron chi connectivity index (χ1n) is 13.0. The molecule has 1 N–H and O–H groups in total. The third-order valence-electron chi connectivity index (χ3n) is 6.99. The van der Waals surface area contributed by atoms with Gasteiger partial charge in [-0.25, -0.2) is 0 Å². The van der Waals surface area contributed by atoms with Crippen molar-refractivity contribution in [3.8, 4) is 0 Å². The highest BCUT2D eigenvalue weighted by molar-refractivity contribution is 5.48. The second kappa shape index (κ2) is 11.6. The van der Waals surface area contributed by atoms with Gasteiger partial charge in [0.2, 0.25) is 0 Å². The fraction of sp³-hybridized carbons (Fsp3) is 0.536. The van der Waals surface area contributed by atoms with Crippen LogP contribution in [0.4, 0.5) is 18.9 Å². The van der Waals surface area contributed by atoms with Crippen molar-refractivity contribution in [1.29, 1.82) is 0 Å². The number of pyridine rings is 1. The molecule has 1 saturated heterocycles. The van der Waals surface area contributed by atoms with Crippen LogP contribution in [0, 0.1) is 11.8 Å². The average molecular weight is 515 g/mol. The van der Waals surface area contributed by atoms with Crippen LogP contribution in [0.3, 0.4) is 0 Å². The van der Waals surface area contributed by atoms with Crippen LogP contribution in [0.15, 0.2) is 42.9 Å². The number of rotatable bonds is 9. The summed E-state index contributed by atoms with van der Waals surface area (Å²) in [6, 6.07) is 9.07. The summed E-state index contributed by atoms with van der Waals surface area (Å²) in [5.41, 5.74) is 1.73. The Hall–Kier alpha value is -2.94. The lowest BCUT2D eigenvalue weighted by atomic mass is 9.89. The monoisotopic (exact) mass is 514 g/mol. The van der Waals surface area contributed by atoms with Gasteiger partial charge in [-0.15, -0.1) is 10.2 Å². The maximum Gasteiger partial charge on any atom is 0.418 e. The first-order valence-corrected chi connectivity index (χ1v) is 13.0. The third-order valence-corrected chi connectivity index (χ3v) is 6.99. The first-order chi connectivity index (χ1) is 17.6. The van der Waals surface area contributed by atoms with E-state index in [9.17, 15) is 13.2 Å². The normalized spacial score (nSPS) is 17.8. The van der Waals surface area contributed by atoms with E-state index in [0.717, 1.165) is 43.0 Å². The van der Waals surface area contributed by atoms with Gasteiger partial charge in [0, 0.05) is 37.9 Å². The number of hydrogen-bond acceptors (Lipinski definition) is 5. The van der Waals surface area contributed by atoms with Gasteiger partial charge in [-0.2, -0.15) is 13.2 Å². The van der Waals surface area contributed by atoms with Crippen LogP contribution in [0.2, 0.25) is 0 Å². The van der Waals surface area contributed by atoms with E-state index in [1.807, 2.05) is 35.9 Å². The molecule has 1 fully saturated rings. The van der Waals surface area contributed by atoms with Gasteiger partial charge >= 0.3 is 6.18 Å². The van der Waals surface area contributed by atoms with Crippen molar-refractivity contribution < 1.29 is 13.2 Å². The first kappa shape index (κ1) is 27.1. The van der Waals surface area contributed by atoms with Crippen molar-refractivity contribution in [1.82, 2.24) is 24.6 Å². The quantitative estimate of drug-likeness (QED) is 0.366. The van der Waals surface area contributed by atoms with Crippen molar-refractivity contribution in [2.75, 3.05) is 18.4 Å². The topological polar surface area (TPSA) is 58.9 Å². The lowest BCUT2D eigenvalue weighted by molar-refractivity contribution is -0.138. The Morgan fingerprint density at radius 3 is 2.68 bits per heavy atom. The molecule has 37 heavy (non-hydrogen) atoms. The zero-order valence-corrected chi connectivity index (χ0v) is 22.1. The number of alkyl halides is 3. The summed E-state index contributed by atoms with van der Waals surface area (Å²) in [7, 11) is 1.92. The second-order valence-electron chi connectivity index (χ2n) is 10.8. The molecule has 1 unspecified atom stereocenters. The number of likely N-dealkylation sites (tertiary alicyclic amines) is 1. The summed E-state index contributed by atoms with van der Waals surface area (Å²) in [6.45, 7) is 8.81. The van der Waals surface area contributed by atoms with Crippen LogP contribution in [-0.2, 0) is 26.3 Å². The molecule has 4 rings (SSSR count). The predicted octanol–water partition coefficient (Wildman–Crippen LogP) is 6.25. The zero-order valence-electron chi connectivity index (χ0n) is 22.1. The maximum absolute atomic E-state index is 14.0. The molecule has 200 valence electrons. The van der Waals surface area contributed by atoms with E-state index in [0.29, 0.717) is 23.9 Å². The molecule has 0 bridgehead atoms. The Morgan fingerprint density at radius 2 is 2.00 bits per heavy atom. The average Bonchev–Trinajstić information content (AvgIpc) is 3.26. The van der Waals surface area contributed by atoms with Crippen molar-refractivity contribution >= 4 is 5.69 Å². The molecule has 1 aromatic carbocycles. The molecule has 9 heteroatoms. The van der Waals surface area contributed by atoms with Gasteiger partial charge in [-0.3, -0.25) is 9.88 Å². The maximum atomic E-state index is 14.0. The Morgan fingerprint density at radius 1 is 1.19 bits per heavy atom. The van der Waals surface area contributed by atoms with E-state index in [1.54, 1.807) is 12.5 Å². The van der Waals surface area contributed by atoms with E-state index in [-0.39, 0.29) is 18.2 Å². The highest BCUT2D eigenvalue weighted by Gasteiger charge is 2.34. The van der Waals surface area contributed by atoms with Gasteiger partial charge in [-0.05, 0) is 67.0 Å². The number of halogens is 3. The van der Waals surface area contributed by atoms with Crippen LogP contribution in [0.5, 0.6) is 0 Å². The van der Waals surface area contributed by atoms with E-state index in [1.165, 1.54) is 12.5 Å². The Bertz CT molecular complexity index is 1170. The SMILES string of the molecule is CC(C)CC(c1cccc(NCc2ncc(CN3CCC[C@H](C)C3)cc2C(F)(F)F)c1)c1nncn1C. The molecule has 0 aliphatic carbocycles.